The van der Waals surface area contributed by atoms with Gasteiger partial charge in [-0.25, -0.2) is 0 Å². The maximum absolute atomic E-state index is 13.9. The molecule has 0 unspecified atom stereocenters. The van der Waals surface area contributed by atoms with E-state index in [2.05, 4.69) is 128 Å². The number of hydrogen-bond acceptors (Lipinski definition) is 28. The van der Waals surface area contributed by atoms with Crippen LogP contribution in [0.25, 0.3) is 0 Å². The van der Waals surface area contributed by atoms with Crippen LogP contribution in [0.5, 0.6) is 23.0 Å². The predicted molar refractivity (Wildman–Crippen MR) is 453 cm³/mol. The number of hydrogen-bond donors (Lipinski definition) is 4. The molecule has 650 valence electrons. The van der Waals surface area contributed by atoms with Crippen molar-refractivity contribution in [3.8, 4) is 23.0 Å². The van der Waals surface area contributed by atoms with Gasteiger partial charge in [-0.3, -0.25) is 43.6 Å². The molecule has 2 aliphatic rings. The molecule has 0 saturated heterocycles. The van der Waals surface area contributed by atoms with E-state index < -0.39 is 46.0 Å². The molecular weight excluding hydrogens is 1740 g/mol. The second kappa shape index (κ2) is 52.9. The summed E-state index contributed by atoms with van der Waals surface area (Å²) >= 11 is 0. The van der Waals surface area contributed by atoms with Gasteiger partial charge in [-0.2, -0.15) is 16.8 Å². The number of pyridine rings is 4. The molecule has 1 amide bonds. The van der Waals surface area contributed by atoms with E-state index in [-0.39, 0.29) is 61.8 Å². The number of rotatable bonds is 39. The number of allylic oxidation sites excluding steroid dienone is 7. The zero-order chi connectivity index (χ0) is 88.6. The van der Waals surface area contributed by atoms with Gasteiger partial charge in [0.2, 0.25) is 0 Å². The number of amides is 1. The molecule has 0 atom stereocenters. The van der Waals surface area contributed by atoms with Gasteiger partial charge in [0.25, 0.3) is 26.1 Å². The van der Waals surface area contributed by atoms with Gasteiger partial charge in [-0.15, -0.1) is 0 Å². The molecule has 4 aromatic heterocycles. The number of nitrogens with zero attached hydrogens (tertiary/aromatic N) is 11. The quantitative estimate of drug-likeness (QED) is 0.00694. The molecule has 5 heterocycles. The van der Waals surface area contributed by atoms with E-state index in [4.69, 9.17) is 80.2 Å². The molecule has 0 saturated carbocycles. The molecule has 0 spiro atoms. The van der Waals surface area contributed by atoms with Crippen molar-refractivity contribution in [2.45, 2.75) is 142 Å². The first-order chi connectivity index (χ1) is 57.5. The zero-order valence-corrected chi connectivity index (χ0v) is 76.9. The van der Waals surface area contributed by atoms with Crippen LogP contribution in [0.2, 0.25) is 0 Å². The van der Waals surface area contributed by atoms with Crippen LogP contribution in [-0.2, 0) is 109 Å². The minimum Gasteiger partial charge on any atom is -0.497 e. The SMILES string of the molecule is COc1ccc([NH2+]CCCCS(=O)(=O)O)c(C(C)(C)C/C=C/C2=C(Oc3ccc(C(=O)NCCCCOc4cc(CN(Cc5ccccn5)Cc5ccccn5)cc(CN(Cc5ccccn5)Cc5ccccn5)c4)cc3)C(=C/C=C3/N(CCCCS(=O)(=O)O)c4ccc(OC)cc4C3(C)C)/CCC2)c1.O=[N+]([O-])[O-].O=[N+]([O-])[O-].O=[N+]([O-])[O-].O=[N+]([O-])[O-].[Zn+2].[Zn+2]. The van der Waals surface area contributed by atoms with Crippen molar-refractivity contribution in [3.63, 3.8) is 0 Å². The van der Waals surface area contributed by atoms with Gasteiger partial charge in [-0.1, -0.05) is 76.3 Å². The number of fused-ring (bicyclic) bond motifs is 1. The number of aromatic nitrogens is 4. The Hall–Kier alpha value is -11.3. The number of carbonyl (C=O) groups excluding carboxylic acids is 1. The second-order valence-electron chi connectivity index (χ2n) is 28.9. The fourth-order valence-corrected chi connectivity index (χ4v) is 14.7. The third-order valence-electron chi connectivity index (χ3n) is 19.0. The molecule has 8 aromatic rings. The summed E-state index contributed by atoms with van der Waals surface area (Å²) in [7, 11) is -4.86. The number of unbranched alkanes of at least 4 members (excludes halogenated alkanes) is 3. The van der Waals surface area contributed by atoms with Crippen LogP contribution in [0.1, 0.15) is 147 Å². The summed E-state index contributed by atoms with van der Waals surface area (Å²) in [6, 6.07) is 49.8. The van der Waals surface area contributed by atoms with Crippen LogP contribution in [0.15, 0.2) is 223 Å². The Kier molecular flexibility index (Phi) is 44.7. The van der Waals surface area contributed by atoms with Crippen LogP contribution < -0.4 is 34.5 Å². The summed E-state index contributed by atoms with van der Waals surface area (Å²) in [4.78, 5) is 72.5. The third kappa shape index (κ3) is 39.2. The third-order valence-corrected chi connectivity index (χ3v) is 20.6. The maximum atomic E-state index is 13.9. The van der Waals surface area contributed by atoms with Crippen LogP contribution in [0.3, 0.4) is 0 Å². The average molecular weight is 1840 g/mol. The largest absolute Gasteiger partial charge is 2.00 e. The summed E-state index contributed by atoms with van der Waals surface area (Å²) in [5, 5.41) is 64.3. The number of quaternary nitrogens is 1. The van der Waals surface area contributed by atoms with Crippen molar-refractivity contribution in [1.29, 1.82) is 0 Å². The predicted octanol–water partition coefficient (Wildman–Crippen LogP) is 13.2. The Morgan fingerprint density at radius 1 is 0.577 bits per heavy atom. The number of nitrogens with two attached hydrogens (primary N) is 1. The van der Waals surface area contributed by atoms with E-state index in [9.17, 15) is 30.7 Å². The van der Waals surface area contributed by atoms with E-state index in [1.807, 2.05) is 134 Å². The maximum Gasteiger partial charge on any atom is 2.00 e. The van der Waals surface area contributed by atoms with Crippen molar-refractivity contribution < 1.29 is 114 Å². The number of benzene rings is 4. The number of ether oxygens (including phenoxy) is 4. The fourth-order valence-electron chi connectivity index (χ4n) is 13.6. The van der Waals surface area contributed by atoms with Gasteiger partial charge >= 0.3 is 39.0 Å². The van der Waals surface area contributed by atoms with Crippen LogP contribution in [0, 0.1) is 61.3 Å². The van der Waals surface area contributed by atoms with Crippen molar-refractivity contribution in [3.05, 3.63) is 335 Å². The smallest absolute Gasteiger partial charge is 0.497 e. The summed E-state index contributed by atoms with van der Waals surface area (Å²) in [6.45, 7) is 14.5. The topological polar surface area (TPSA) is 517 Å². The van der Waals surface area contributed by atoms with Gasteiger partial charge < -0.3 is 95.8 Å². The van der Waals surface area contributed by atoms with E-state index >= 15 is 0 Å². The molecule has 36 nitrogen and oxygen atoms in total. The Labute approximate surface area is 739 Å². The van der Waals surface area contributed by atoms with E-state index in [1.165, 1.54) is 0 Å². The molecule has 5 N–H and O–H groups in total. The number of methoxy groups -OCH3 is 2. The minimum absolute atomic E-state index is 0. The van der Waals surface area contributed by atoms with Gasteiger partial charge in [0.1, 0.15) is 34.4 Å². The van der Waals surface area contributed by atoms with Crippen molar-refractivity contribution in [1.82, 2.24) is 35.1 Å². The molecule has 1 aliphatic heterocycles. The second-order valence-corrected chi connectivity index (χ2v) is 32.1. The standard InChI is InChI=1S/C83H99N9O11S2.4NO3.2Zn/c1-82(2,75-54-72(100-5)35-37-77(75)88-45-16-19-49-104(94,95)96)40-22-25-64-23-21-24-65(32-39-79-83(3,4)76-55-73(101-6)36-38-78(76)92(79)47-17-20-50-105(97,98)99)80(64)103-71-33-30-66(31-34-71)81(93)89-46-15-18-48-102-74-52-62(56-90(58-67-26-7-11-41-84-67)59-68-27-8-12-42-85-68)51-63(53-74)57-91(60-69-28-9-13-43-86-69)61-70-29-10-14-44-87-70;4*2-1(3)4;;/h7-14,22,25-39,41-44,51-55,88H,15-21,23-24,40,45-50,56-61H2,1-6H3,(H,89,93)(H,94,95,96)(H,97,98,99);;;;;;/q;4*-1;2*+2/p+1/b25-22+,65-32+,79-39+;;;;;;. The van der Waals surface area contributed by atoms with Crippen molar-refractivity contribution in [2.24, 2.45) is 0 Å². The molecular formula is C83H100N13O23S2Zn2+. The molecule has 0 radical (unpaired) electrons. The Morgan fingerprint density at radius 2 is 1.05 bits per heavy atom. The summed E-state index contributed by atoms with van der Waals surface area (Å²) in [5.41, 5.74) is 12.9. The molecule has 123 heavy (non-hydrogen) atoms. The summed E-state index contributed by atoms with van der Waals surface area (Å²) in [6.07, 6.45) is 22.1. The van der Waals surface area contributed by atoms with Gasteiger partial charge in [0, 0.05) is 111 Å². The molecule has 10 rings (SSSR count). The molecule has 1 aliphatic carbocycles. The minimum atomic E-state index is -4.12. The normalized spacial score (nSPS) is 13.4. The molecule has 40 heteroatoms. The first-order valence-corrected chi connectivity index (χ1v) is 41.5. The fraction of sp³-hybridized carbons (Fsp3) is 0.361. The van der Waals surface area contributed by atoms with Crippen LogP contribution >= 0.6 is 0 Å². The molecule has 0 bridgehead atoms. The van der Waals surface area contributed by atoms with E-state index in [1.54, 1.807) is 26.4 Å². The Balaban J connectivity index is 0.00000162. The Morgan fingerprint density at radius 3 is 1.52 bits per heavy atom. The summed E-state index contributed by atoms with van der Waals surface area (Å²) in [5.74, 6) is 2.70. The number of nitrogens with one attached hydrogen (secondary N) is 1. The average Bonchev–Trinajstić information content (AvgIpc) is 1.59. The number of anilines is 1. The van der Waals surface area contributed by atoms with E-state index in [0.29, 0.717) is 122 Å². The van der Waals surface area contributed by atoms with Crippen molar-refractivity contribution in [2.75, 3.05) is 56.9 Å². The zero-order valence-electron chi connectivity index (χ0n) is 69.3. The van der Waals surface area contributed by atoms with E-state index in [0.717, 1.165) is 116 Å². The van der Waals surface area contributed by atoms with Gasteiger partial charge in [0.05, 0.1) is 82.0 Å². The van der Waals surface area contributed by atoms with Crippen molar-refractivity contribution >= 4 is 37.5 Å². The first kappa shape index (κ1) is 104. The van der Waals surface area contributed by atoms with Gasteiger partial charge in [0.15, 0.2) is 0 Å². The number of carbonyl (C=O) groups is 1. The monoisotopic (exact) mass is 1840 g/mol. The van der Waals surface area contributed by atoms with Crippen LogP contribution in [-0.4, -0.2) is 134 Å². The molecule has 4 aromatic carbocycles. The Bertz CT molecular complexity index is 4780. The van der Waals surface area contributed by atoms with Crippen LogP contribution in [0.4, 0.5) is 11.4 Å². The summed E-state index contributed by atoms with van der Waals surface area (Å²) < 4.78 is 90.3. The molecule has 0 fully saturated rings. The first-order valence-electron chi connectivity index (χ1n) is 38.3. The van der Waals surface area contributed by atoms with Gasteiger partial charge in [-0.05, 0) is 219 Å².